The molecule has 2 heterocycles. The van der Waals surface area contributed by atoms with Crippen molar-refractivity contribution in [2.24, 2.45) is 0 Å². The molecule has 2 fully saturated rings. The van der Waals surface area contributed by atoms with Crippen molar-refractivity contribution in [3.63, 3.8) is 0 Å². The highest BCUT2D eigenvalue weighted by molar-refractivity contribution is 7.88. The Hall–Kier alpha value is -2.59. The molecular weight excluding hydrogens is 386 g/mol. The Kier molecular flexibility index (Phi) is 5.35. The summed E-state index contributed by atoms with van der Waals surface area (Å²) in [5.41, 5.74) is 1.29. The molecule has 10 heteroatoms. The van der Waals surface area contributed by atoms with Gasteiger partial charge >= 0.3 is 11.9 Å². The minimum Gasteiger partial charge on any atom is -0.419 e. The van der Waals surface area contributed by atoms with Gasteiger partial charge in [-0.1, -0.05) is 12.1 Å². The number of cyclic esters (lactones) is 2. The number of ether oxygens (including phenoxy) is 2. The molecule has 0 atom stereocenters. The first-order valence-electron chi connectivity index (χ1n) is 8.79. The molecule has 0 unspecified atom stereocenters. The average Bonchev–Trinajstić information content (AvgIpc) is 2.60. The van der Waals surface area contributed by atoms with Crippen LogP contribution < -0.4 is 10.2 Å². The minimum atomic E-state index is -3.21. The number of anilines is 2. The maximum atomic E-state index is 12.1. The van der Waals surface area contributed by atoms with E-state index >= 15 is 0 Å². The fourth-order valence-corrected chi connectivity index (χ4v) is 3.89. The van der Waals surface area contributed by atoms with E-state index in [0.717, 1.165) is 5.69 Å². The molecule has 2 aliphatic heterocycles. The lowest BCUT2D eigenvalue weighted by atomic mass is 10.2. The summed E-state index contributed by atoms with van der Waals surface area (Å²) in [4.78, 5) is 26.2. The van der Waals surface area contributed by atoms with Crippen molar-refractivity contribution in [3.05, 3.63) is 36.0 Å². The van der Waals surface area contributed by atoms with Crippen molar-refractivity contribution >= 4 is 33.3 Å². The topological polar surface area (TPSA) is 105 Å². The van der Waals surface area contributed by atoms with E-state index in [4.69, 9.17) is 9.47 Å². The molecule has 0 amide bonds. The maximum absolute atomic E-state index is 12.1. The van der Waals surface area contributed by atoms with Crippen LogP contribution in [0.25, 0.3) is 0 Å². The molecule has 3 rings (SSSR count). The number of para-hydroxylation sites is 2. The summed E-state index contributed by atoms with van der Waals surface area (Å²) in [5, 5.41) is 2.97. The molecule has 28 heavy (non-hydrogen) atoms. The molecule has 9 nitrogen and oxygen atoms in total. The summed E-state index contributed by atoms with van der Waals surface area (Å²) in [6, 6.07) is 7.37. The Morgan fingerprint density at radius 1 is 1.04 bits per heavy atom. The maximum Gasteiger partial charge on any atom is 0.350 e. The highest BCUT2D eigenvalue weighted by Gasteiger charge is 2.39. The number of benzene rings is 1. The summed E-state index contributed by atoms with van der Waals surface area (Å²) in [5.74, 6) is -2.80. The second kappa shape index (κ2) is 7.44. The number of nitrogens with zero attached hydrogens (tertiary/aromatic N) is 2. The lowest BCUT2D eigenvalue weighted by Crippen LogP contribution is -2.48. The van der Waals surface area contributed by atoms with Gasteiger partial charge in [0.05, 0.1) is 17.6 Å². The third-order valence-corrected chi connectivity index (χ3v) is 5.74. The van der Waals surface area contributed by atoms with E-state index in [0.29, 0.717) is 31.9 Å². The largest absolute Gasteiger partial charge is 0.419 e. The molecule has 2 aliphatic rings. The Bertz CT molecular complexity index is 895. The van der Waals surface area contributed by atoms with Crippen molar-refractivity contribution in [2.75, 3.05) is 42.7 Å². The fraction of sp³-hybridized carbons (Fsp3) is 0.444. The van der Waals surface area contributed by atoms with Gasteiger partial charge in [-0.15, -0.1) is 0 Å². The number of carbonyl (C=O) groups excluding carboxylic acids is 2. The van der Waals surface area contributed by atoms with Crippen LogP contribution in [-0.2, 0) is 29.1 Å². The number of carbonyl (C=O) groups is 2. The third-order valence-electron chi connectivity index (χ3n) is 4.44. The third kappa shape index (κ3) is 4.45. The van der Waals surface area contributed by atoms with Crippen molar-refractivity contribution in [2.45, 2.75) is 19.6 Å². The molecule has 0 radical (unpaired) electrons. The van der Waals surface area contributed by atoms with Crippen LogP contribution in [0, 0.1) is 0 Å². The number of piperazine rings is 1. The number of nitrogens with one attached hydrogen (secondary N) is 1. The summed E-state index contributed by atoms with van der Waals surface area (Å²) >= 11 is 0. The van der Waals surface area contributed by atoms with E-state index in [1.807, 2.05) is 23.1 Å². The SMILES string of the molecule is CC1(C)OC(=O)C(=CNc2ccccc2N2CCN(S(C)(=O)=O)CC2)C(=O)O1. The van der Waals surface area contributed by atoms with E-state index < -0.39 is 27.7 Å². The highest BCUT2D eigenvalue weighted by Crippen LogP contribution is 2.28. The quantitative estimate of drug-likeness (QED) is 0.444. The summed E-state index contributed by atoms with van der Waals surface area (Å²) in [7, 11) is -3.21. The van der Waals surface area contributed by atoms with Gasteiger partial charge in [-0.25, -0.2) is 18.0 Å². The molecule has 0 spiro atoms. The fourth-order valence-electron chi connectivity index (χ4n) is 3.06. The molecule has 0 aliphatic carbocycles. The summed E-state index contributed by atoms with van der Waals surface area (Å²) in [6.45, 7) is 4.81. The van der Waals surface area contributed by atoms with Crippen LogP contribution in [0.4, 0.5) is 11.4 Å². The van der Waals surface area contributed by atoms with E-state index in [2.05, 4.69) is 5.32 Å². The van der Waals surface area contributed by atoms with Crippen LogP contribution in [0.2, 0.25) is 0 Å². The standard InChI is InChI=1S/C18H23N3O6S/c1-18(2)26-16(22)13(17(23)27-18)12-19-14-6-4-5-7-15(14)20-8-10-21(11-9-20)28(3,24)25/h4-7,12,19H,8-11H2,1-3H3. The Morgan fingerprint density at radius 2 is 1.61 bits per heavy atom. The second-order valence-electron chi connectivity index (χ2n) is 7.05. The molecule has 152 valence electrons. The zero-order valence-electron chi connectivity index (χ0n) is 16.0. The lowest BCUT2D eigenvalue weighted by molar-refractivity contribution is -0.222. The van der Waals surface area contributed by atoms with Gasteiger partial charge in [-0.05, 0) is 12.1 Å². The molecule has 0 bridgehead atoms. The van der Waals surface area contributed by atoms with Crippen LogP contribution in [0.5, 0.6) is 0 Å². The van der Waals surface area contributed by atoms with Crippen LogP contribution in [0.15, 0.2) is 36.0 Å². The van der Waals surface area contributed by atoms with Crippen LogP contribution in [-0.4, -0.2) is 62.9 Å². The molecule has 1 aromatic carbocycles. The predicted molar refractivity (Wildman–Crippen MR) is 103 cm³/mol. The lowest BCUT2D eigenvalue weighted by Gasteiger charge is -2.35. The zero-order valence-corrected chi connectivity index (χ0v) is 16.8. The molecule has 0 saturated carbocycles. The van der Waals surface area contributed by atoms with Gasteiger partial charge in [0.1, 0.15) is 0 Å². The molecule has 0 aromatic heterocycles. The van der Waals surface area contributed by atoms with Gasteiger partial charge in [0, 0.05) is 46.2 Å². The molecule has 1 aromatic rings. The Labute approximate surface area is 163 Å². The number of sulfonamides is 1. The van der Waals surface area contributed by atoms with Gasteiger partial charge in [-0.2, -0.15) is 4.31 Å². The second-order valence-corrected chi connectivity index (χ2v) is 9.03. The van der Waals surface area contributed by atoms with Crippen molar-refractivity contribution < 1.29 is 27.5 Å². The number of esters is 2. The first-order valence-corrected chi connectivity index (χ1v) is 10.6. The van der Waals surface area contributed by atoms with E-state index in [9.17, 15) is 18.0 Å². The van der Waals surface area contributed by atoms with E-state index in [-0.39, 0.29) is 5.57 Å². The molecule has 1 N–H and O–H groups in total. The van der Waals surface area contributed by atoms with Gasteiger partial charge < -0.3 is 19.7 Å². The molecular formula is C18H23N3O6S. The van der Waals surface area contributed by atoms with Gasteiger partial charge in [0.15, 0.2) is 5.57 Å². The Morgan fingerprint density at radius 3 is 2.18 bits per heavy atom. The number of hydrogen-bond donors (Lipinski definition) is 1. The zero-order chi connectivity index (χ0) is 20.5. The van der Waals surface area contributed by atoms with Crippen molar-refractivity contribution in [3.8, 4) is 0 Å². The molecule has 2 saturated heterocycles. The van der Waals surface area contributed by atoms with Gasteiger partial charge in [0.25, 0.3) is 5.79 Å². The smallest absolute Gasteiger partial charge is 0.350 e. The highest BCUT2D eigenvalue weighted by atomic mass is 32.2. The number of hydrogen-bond acceptors (Lipinski definition) is 8. The normalized spacial score (nSPS) is 20.4. The summed E-state index contributed by atoms with van der Waals surface area (Å²) < 4.78 is 34.9. The van der Waals surface area contributed by atoms with Gasteiger partial charge in [0.2, 0.25) is 10.0 Å². The average molecular weight is 409 g/mol. The first kappa shape index (κ1) is 20.2. The monoisotopic (exact) mass is 409 g/mol. The van der Waals surface area contributed by atoms with Crippen LogP contribution in [0.3, 0.4) is 0 Å². The first-order chi connectivity index (χ1) is 13.1. The minimum absolute atomic E-state index is 0.226. The van der Waals surface area contributed by atoms with Crippen molar-refractivity contribution in [1.29, 1.82) is 0 Å². The predicted octanol–water partition coefficient (Wildman–Crippen LogP) is 0.900. The van der Waals surface area contributed by atoms with E-state index in [1.165, 1.54) is 30.6 Å². The van der Waals surface area contributed by atoms with Crippen LogP contribution >= 0.6 is 0 Å². The Balaban J connectivity index is 1.75. The van der Waals surface area contributed by atoms with E-state index in [1.54, 1.807) is 6.07 Å². The van der Waals surface area contributed by atoms with Crippen molar-refractivity contribution in [1.82, 2.24) is 4.31 Å². The van der Waals surface area contributed by atoms with Crippen LogP contribution in [0.1, 0.15) is 13.8 Å². The van der Waals surface area contributed by atoms with Gasteiger partial charge in [-0.3, -0.25) is 0 Å². The summed E-state index contributed by atoms with van der Waals surface area (Å²) in [6.07, 6.45) is 2.47. The number of rotatable bonds is 4.